The number of hydrogen-bond donors (Lipinski definition) is 0. The highest BCUT2D eigenvalue weighted by Crippen LogP contribution is 2.28. The van der Waals surface area contributed by atoms with Gasteiger partial charge >= 0.3 is 0 Å². The average molecular weight is 309 g/mol. The van der Waals surface area contributed by atoms with Crippen LogP contribution in [0, 0.1) is 17.0 Å². The van der Waals surface area contributed by atoms with Gasteiger partial charge in [-0.25, -0.2) is 4.98 Å². The Morgan fingerprint density at radius 2 is 2.11 bits per heavy atom. The molecule has 0 amide bonds. The molecule has 0 aliphatic carbocycles. The van der Waals surface area contributed by atoms with Gasteiger partial charge in [0.05, 0.1) is 11.0 Å². The summed E-state index contributed by atoms with van der Waals surface area (Å²) in [5.41, 5.74) is 0.874. The number of rotatable bonds is 3. The van der Waals surface area contributed by atoms with Gasteiger partial charge in [-0.3, -0.25) is 10.1 Å². The van der Waals surface area contributed by atoms with Crippen molar-refractivity contribution in [3.05, 3.63) is 56.7 Å². The van der Waals surface area contributed by atoms with Crippen LogP contribution in [0.15, 0.2) is 41.0 Å². The molecular weight excluding hydrogens is 300 g/mol. The number of hydrogen-bond acceptors (Lipinski definition) is 4. The monoisotopic (exact) mass is 308 g/mol. The predicted molar refractivity (Wildman–Crippen MR) is 69.8 cm³/mol. The Morgan fingerprint density at radius 1 is 1.33 bits per heavy atom. The van der Waals surface area contributed by atoms with Crippen molar-refractivity contribution < 1.29 is 9.66 Å². The van der Waals surface area contributed by atoms with Gasteiger partial charge in [-0.1, -0.05) is 22.0 Å². The van der Waals surface area contributed by atoms with Crippen molar-refractivity contribution in [1.82, 2.24) is 4.98 Å². The van der Waals surface area contributed by atoms with E-state index in [4.69, 9.17) is 4.74 Å². The van der Waals surface area contributed by atoms with Crippen molar-refractivity contribution in [2.75, 3.05) is 0 Å². The lowest BCUT2D eigenvalue weighted by Gasteiger charge is -2.07. The fourth-order valence-corrected chi connectivity index (χ4v) is 1.70. The fraction of sp³-hybridized carbons (Fsp3) is 0.0833. The van der Waals surface area contributed by atoms with Crippen molar-refractivity contribution in [2.24, 2.45) is 0 Å². The Balaban J connectivity index is 2.31. The van der Waals surface area contributed by atoms with Crippen molar-refractivity contribution in [3.63, 3.8) is 0 Å². The van der Waals surface area contributed by atoms with E-state index in [0.717, 1.165) is 10.0 Å². The van der Waals surface area contributed by atoms with Crippen LogP contribution < -0.4 is 4.74 Å². The third-order valence-corrected chi connectivity index (χ3v) is 2.79. The minimum absolute atomic E-state index is 0.0485. The highest BCUT2D eigenvalue weighted by Gasteiger charge is 2.09. The molecule has 5 nitrogen and oxygen atoms in total. The minimum atomic E-state index is -0.484. The van der Waals surface area contributed by atoms with Gasteiger partial charge in [-0.15, -0.1) is 0 Å². The number of aryl methyl sites for hydroxylation is 1. The maximum absolute atomic E-state index is 10.6. The maximum atomic E-state index is 10.6. The summed E-state index contributed by atoms with van der Waals surface area (Å²) in [6, 6.07) is 8.18. The van der Waals surface area contributed by atoms with Crippen LogP contribution in [-0.4, -0.2) is 9.91 Å². The molecule has 0 saturated heterocycles. The minimum Gasteiger partial charge on any atom is -0.438 e. The molecule has 2 aromatic rings. The number of nitrogens with zero attached hydrogens (tertiary/aromatic N) is 2. The molecule has 0 aliphatic rings. The van der Waals surface area contributed by atoms with Crippen LogP contribution in [0.1, 0.15) is 5.56 Å². The summed E-state index contributed by atoms with van der Waals surface area (Å²) in [5.74, 6) is 0.808. The van der Waals surface area contributed by atoms with E-state index in [0.29, 0.717) is 5.75 Å². The SMILES string of the molecule is Cc1ccc(Br)cc1Oc1cc([N+](=O)[O-])ccn1. The Kier molecular flexibility index (Phi) is 3.57. The fourth-order valence-electron chi connectivity index (χ4n) is 1.36. The predicted octanol–water partition coefficient (Wildman–Crippen LogP) is 3.85. The van der Waals surface area contributed by atoms with Crippen molar-refractivity contribution in [2.45, 2.75) is 6.92 Å². The average Bonchev–Trinajstić information content (AvgIpc) is 2.34. The second-order valence-electron chi connectivity index (χ2n) is 3.62. The third-order valence-electron chi connectivity index (χ3n) is 2.29. The van der Waals surface area contributed by atoms with Gasteiger partial charge in [0.15, 0.2) is 0 Å². The number of ether oxygens (including phenoxy) is 1. The molecule has 0 bridgehead atoms. The van der Waals surface area contributed by atoms with Crippen LogP contribution in [0.2, 0.25) is 0 Å². The first kappa shape index (κ1) is 12.5. The quantitative estimate of drug-likeness (QED) is 0.638. The topological polar surface area (TPSA) is 65.3 Å². The highest BCUT2D eigenvalue weighted by molar-refractivity contribution is 9.10. The summed E-state index contributed by atoms with van der Waals surface area (Å²) in [4.78, 5) is 14.1. The lowest BCUT2D eigenvalue weighted by molar-refractivity contribution is -0.385. The lowest BCUT2D eigenvalue weighted by Crippen LogP contribution is -1.93. The zero-order valence-electron chi connectivity index (χ0n) is 9.46. The van der Waals surface area contributed by atoms with Crippen LogP contribution in [0.5, 0.6) is 11.6 Å². The van der Waals surface area contributed by atoms with E-state index >= 15 is 0 Å². The molecule has 1 heterocycles. The van der Waals surface area contributed by atoms with Gasteiger partial charge < -0.3 is 4.74 Å². The van der Waals surface area contributed by atoms with Crippen LogP contribution in [0.25, 0.3) is 0 Å². The van der Waals surface area contributed by atoms with Gasteiger partial charge in [0.25, 0.3) is 5.69 Å². The van der Waals surface area contributed by atoms with Crippen LogP contribution >= 0.6 is 15.9 Å². The molecule has 0 radical (unpaired) electrons. The van der Waals surface area contributed by atoms with E-state index in [2.05, 4.69) is 20.9 Å². The van der Waals surface area contributed by atoms with E-state index in [1.165, 1.54) is 18.3 Å². The molecule has 0 N–H and O–H groups in total. The molecule has 0 fully saturated rings. The molecular formula is C12H9BrN2O3. The summed E-state index contributed by atoms with van der Waals surface area (Å²) in [6.45, 7) is 1.89. The number of pyridine rings is 1. The van der Waals surface area contributed by atoms with Gasteiger partial charge in [0, 0.05) is 16.7 Å². The molecule has 0 unspecified atom stereocenters. The lowest BCUT2D eigenvalue weighted by atomic mass is 10.2. The van der Waals surface area contributed by atoms with Crippen molar-refractivity contribution in [1.29, 1.82) is 0 Å². The number of benzene rings is 1. The smallest absolute Gasteiger partial charge is 0.276 e. The molecule has 0 atom stereocenters. The van der Waals surface area contributed by atoms with Crippen LogP contribution in [0.4, 0.5) is 5.69 Å². The van der Waals surface area contributed by atoms with Crippen LogP contribution in [-0.2, 0) is 0 Å². The van der Waals surface area contributed by atoms with E-state index < -0.39 is 4.92 Å². The molecule has 0 spiro atoms. The standard InChI is InChI=1S/C12H9BrN2O3/c1-8-2-3-9(13)6-11(8)18-12-7-10(15(16)17)4-5-14-12/h2-7H,1H3. The Labute approximate surface area is 112 Å². The highest BCUT2D eigenvalue weighted by atomic mass is 79.9. The first-order chi connectivity index (χ1) is 8.56. The summed E-state index contributed by atoms with van der Waals surface area (Å²) >= 11 is 3.34. The van der Waals surface area contributed by atoms with Crippen molar-refractivity contribution >= 4 is 21.6 Å². The van der Waals surface area contributed by atoms with Crippen molar-refractivity contribution in [3.8, 4) is 11.6 Å². The molecule has 1 aromatic carbocycles. The maximum Gasteiger partial charge on any atom is 0.276 e. The van der Waals surface area contributed by atoms with E-state index in [-0.39, 0.29) is 11.6 Å². The van der Waals surface area contributed by atoms with E-state index in [9.17, 15) is 10.1 Å². The summed E-state index contributed by atoms with van der Waals surface area (Å²) in [5, 5.41) is 10.6. The number of halogens is 1. The van der Waals surface area contributed by atoms with E-state index in [1.54, 1.807) is 6.07 Å². The summed E-state index contributed by atoms with van der Waals surface area (Å²) < 4.78 is 6.40. The van der Waals surface area contributed by atoms with Gasteiger partial charge in [0.1, 0.15) is 5.75 Å². The molecule has 18 heavy (non-hydrogen) atoms. The zero-order chi connectivity index (χ0) is 13.1. The van der Waals surface area contributed by atoms with Gasteiger partial charge in [-0.2, -0.15) is 0 Å². The summed E-state index contributed by atoms with van der Waals surface area (Å²) in [7, 11) is 0. The largest absolute Gasteiger partial charge is 0.438 e. The molecule has 1 aromatic heterocycles. The Morgan fingerprint density at radius 3 is 2.83 bits per heavy atom. The summed E-state index contributed by atoms with van der Waals surface area (Å²) in [6.07, 6.45) is 1.35. The molecule has 0 aliphatic heterocycles. The molecule has 6 heteroatoms. The first-order valence-corrected chi connectivity index (χ1v) is 5.90. The van der Waals surface area contributed by atoms with E-state index in [1.807, 2.05) is 19.1 Å². The van der Waals surface area contributed by atoms with Gasteiger partial charge in [-0.05, 0) is 24.6 Å². The molecule has 92 valence electrons. The number of nitro groups is 1. The second kappa shape index (κ2) is 5.14. The third kappa shape index (κ3) is 2.84. The number of aromatic nitrogens is 1. The van der Waals surface area contributed by atoms with Gasteiger partial charge in [0.2, 0.25) is 5.88 Å². The van der Waals surface area contributed by atoms with Crippen LogP contribution in [0.3, 0.4) is 0 Å². The normalized spacial score (nSPS) is 10.1. The second-order valence-corrected chi connectivity index (χ2v) is 4.54. The Hall–Kier alpha value is -1.95. The molecule has 0 saturated carbocycles. The zero-order valence-corrected chi connectivity index (χ0v) is 11.0. The first-order valence-electron chi connectivity index (χ1n) is 5.11. The molecule has 2 rings (SSSR count). The Bertz CT molecular complexity index is 602.